The molecule has 0 amide bonds. The minimum Gasteiger partial charge on any atom is -0.598 e. The molecule has 72 valence electrons. The fourth-order valence-electron chi connectivity index (χ4n) is 0.826. The predicted octanol–water partition coefficient (Wildman–Crippen LogP) is 2.07. The van der Waals surface area contributed by atoms with Gasteiger partial charge in [0.05, 0.1) is 0 Å². The molecule has 1 unspecified atom stereocenters. The van der Waals surface area contributed by atoms with Gasteiger partial charge >= 0.3 is 0 Å². The molecule has 4 nitrogen and oxygen atoms in total. The lowest BCUT2D eigenvalue weighted by Gasteiger charge is -2.10. The van der Waals surface area contributed by atoms with E-state index in [-0.39, 0.29) is 11.3 Å². The molecule has 0 aromatic carbocycles. The van der Waals surface area contributed by atoms with Crippen LogP contribution in [0.5, 0.6) is 0 Å². The first kappa shape index (κ1) is 11.2. The van der Waals surface area contributed by atoms with E-state index < -0.39 is 17.9 Å². The van der Waals surface area contributed by atoms with E-state index in [1.54, 1.807) is 12.3 Å². The lowest BCUT2D eigenvalue weighted by atomic mass is 10.2. The molecule has 0 radical (unpaired) electrons. The average Bonchev–Trinajstić information content (AvgIpc) is 2.01. The molecule has 0 aliphatic rings. The third-order valence-electron chi connectivity index (χ3n) is 1.36. The van der Waals surface area contributed by atoms with E-state index in [2.05, 4.69) is 0 Å². The normalized spacial score (nSPS) is 15.2. The average molecular weight is 185 g/mol. The molecule has 0 saturated heterocycles. The highest BCUT2D eigenvalue weighted by Crippen LogP contribution is 2.05. The number of rotatable bonds is 5. The third kappa shape index (κ3) is 4.12. The van der Waals surface area contributed by atoms with Crippen LogP contribution >= 0.6 is 0 Å². The number of nitrogens with zero attached hydrogens (tertiary/aromatic N) is 3. The van der Waals surface area contributed by atoms with Gasteiger partial charge < -0.3 is 5.21 Å². The highest BCUT2D eigenvalue weighted by molar-refractivity contribution is 4.54. The second-order valence-electron chi connectivity index (χ2n) is 2.31. The van der Waals surface area contributed by atoms with E-state index in [4.69, 9.17) is 0 Å². The first-order valence-corrected chi connectivity index (χ1v) is 3.49. The van der Waals surface area contributed by atoms with Crippen molar-refractivity contribution in [2.24, 2.45) is 5.34 Å². The molecule has 0 heterocycles. The van der Waals surface area contributed by atoms with Crippen molar-refractivity contribution < 1.29 is 18.3 Å². The zero-order valence-corrected chi connectivity index (χ0v) is 6.58. The summed E-state index contributed by atoms with van der Waals surface area (Å²) < 4.78 is 34.6. The van der Waals surface area contributed by atoms with E-state index in [1.807, 2.05) is 0 Å². The maximum Gasteiger partial charge on any atom is 0.210 e. The summed E-state index contributed by atoms with van der Waals surface area (Å²) in [6, 6.07) is -1.12. The van der Waals surface area contributed by atoms with Crippen LogP contribution in [0, 0.1) is 5.21 Å². The van der Waals surface area contributed by atoms with Crippen molar-refractivity contribution in [3.63, 3.8) is 0 Å². The summed E-state index contributed by atoms with van der Waals surface area (Å²) in [6.07, 6.45) is 0.702. The van der Waals surface area contributed by atoms with E-state index >= 15 is 0 Å². The SMILES string of the molecule is CCCC(CN(F)F)[N+]([O-])=NF. The minimum absolute atomic E-state index is 0.182. The Hall–Kier alpha value is -0.850. The third-order valence-corrected chi connectivity index (χ3v) is 1.36. The topological polar surface area (TPSA) is 41.7 Å². The summed E-state index contributed by atoms with van der Waals surface area (Å²) >= 11 is 0. The molecule has 0 aliphatic carbocycles. The number of hydrogen-bond acceptors (Lipinski definition) is 3. The van der Waals surface area contributed by atoms with Crippen molar-refractivity contribution in [1.82, 2.24) is 5.34 Å². The van der Waals surface area contributed by atoms with Gasteiger partial charge in [0.15, 0.2) is 5.34 Å². The molecule has 0 bridgehead atoms. The zero-order chi connectivity index (χ0) is 9.56. The van der Waals surface area contributed by atoms with Crippen molar-refractivity contribution >= 4 is 0 Å². The molecule has 0 aliphatic heterocycles. The number of hydrogen-bond donors (Lipinski definition) is 0. The fraction of sp³-hybridized carbons (Fsp3) is 1.00. The van der Waals surface area contributed by atoms with Crippen molar-refractivity contribution in [2.45, 2.75) is 25.8 Å². The molecular formula is C5H10F3N3O. The molecule has 12 heavy (non-hydrogen) atoms. The van der Waals surface area contributed by atoms with Gasteiger partial charge in [-0.2, -0.15) is 0 Å². The smallest absolute Gasteiger partial charge is 0.210 e. The molecule has 0 saturated carbocycles. The lowest BCUT2D eigenvalue weighted by Crippen LogP contribution is -2.29. The fourth-order valence-corrected chi connectivity index (χ4v) is 0.826. The van der Waals surface area contributed by atoms with Crippen LogP contribution in [0.1, 0.15) is 19.8 Å². The summed E-state index contributed by atoms with van der Waals surface area (Å²) in [5.41, 5.74) is 0. The molecule has 0 rings (SSSR count). The number of hydroxylamine groups is 1. The van der Waals surface area contributed by atoms with Crippen molar-refractivity contribution in [1.29, 1.82) is 0 Å². The Bertz CT molecular complexity index is 153. The Morgan fingerprint density at radius 2 is 2.17 bits per heavy atom. The van der Waals surface area contributed by atoms with E-state index in [0.29, 0.717) is 6.42 Å². The first-order valence-electron chi connectivity index (χ1n) is 3.49. The second-order valence-corrected chi connectivity index (χ2v) is 2.31. The molecular weight excluding hydrogens is 175 g/mol. The largest absolute Gasteiger partial charge is 0.598 e. The standard InChI is InChI=1S/C5H10F3N3O/c1-2-3-5(4-10(7)8)11(12)9-6/h5H,2-4H2,1H3. The van der Waals surface area contributed by atoms with Crippen LogP contribution in [0.4, 0.5) is 13.4 Å². The van der Waals surface area contributed by atoms with Crippen LogP contribution < -0.4 is 0 Å². The molecule has 0 spiro atoms. The van der Waals surface area contributed by atoms with Gasteiger partial charge in [0.2, 0.25) is 6.04 Å². The van der Waals surface area contributed by atoms with Gasteiger partial charge in [-0.3, -0.25) is 0 Å². The van der Waals surface area contributed by atoms with Crippen LogP contribution in [0.25, 0.3) is 0 Å². The Labute approximate surface area is 67.7 Å². The van der Waals surface area contributed by atoms with Gasteiger partial charge in [-0.05, 0) is 10.9 Å². The summed E-state index contributed by atoms with van der Waals surface area (Å²) in [5, 5.41) is 11.1. The van der Waals surface area contributed by atoms with E-state index in [9.17, 15) is 18.7 Å². The maximum absolute atomic E-state index is 11.6. The summed E-state index contributed by atoms with van der Waals surface area (Å²) in [6.45, 7) is 0.907. The molecule has 0 fully saturated rings. The molecule has 1 atom stereocenters. The van der Waals surface area contributed by atoms with Gasteiger partial charge in [-0.25, -0.2) is 0 Å². The number of halogens is 3. The Kier molecular flexibility index (Phi) is 5.35. The highest BCUT2D eigenvalue weighted by Gasteiger charge is 2.21. The van der Waals surface area contributed by atoms with Gasteiger partial charge in [0, 0.05) is 11.8 Å². The van der Waals surface area contributed by atoms with Gasteiger partial charge in [0.1, 0.15) is 6.54 Å². The quantitative estimate of drug-likeness (QED) is 0.285. The van der Waals surface area contributed by atoms with Crippen LogP contribution in [-0.2, 0) is 0 Å². The van der Waals surface area contributed by atoms with Gasteiger partial charge in [0.25, 0.3) is 0 Å². The van der Waals surface area contributed by atoms with E-state index in [1.165, 1.54) is 0 Å². The van der Waals surface area contributed by atoms with Crippen LogP contribution in [0.3, 0.4) is 0 Å². The first-order chi connectivity index (χ1) is 5.61. The van der Waals surface area contributed by atoms with Crippen molar-refractivity contribution in [3.05, 3.63) is 5.21 Å². The van der Waals surface area contributed by atoms with Crippen molar-refractivity contribution in [2.75, 3.05) is 6.54 Å². The lowest BCUT2D eigenvalue weighted by molar-refractivity contribution is -0.588. The molecule has 0 aromatic heterocycles. The second kappa shape index (κ2) is 5.76. The Balaban J connectivity index is 4.03. The molecule has 0 aromatic rings. The zero-order valence-electron chi connectivity index (χ0n) is 6.58. The predicted molar refractivity (Wildman–Crippen MR) is 34.8 cm³/mol. The van der Waals surface area contributed by atoms with Crippen LogP contribution in [0.2, 0.25) is 0 Å². The summed E-state index contributed by atoms with van der Waals surface area (Å²) in [7, 11) is 0. The van der Waals surface area contributed by atoms with Crippen LogP contribution in [0.15, 0.2) is 5.34 Å². The molecule has 7 heteroatoms. The van der Waals surface area contributed by atoms with Crippen LogP contribution in [-0.4, -0.2) is 22.8 Å². The summed E-state index contributed by atoms with van der Waals surface area (Å²) in [4.78, 5) is -0.338. The Morgan fingerprint density at radius 3 is 2.50 bits per heavy atom. The van der Waals surface area contributed by atoms with Gasteiger partial charge in [-0.15, -0.1) is 8.96 Å². The molecule has 0 N–H and O–H groups in total. The maximum atomic E-state index is 11.6. The minimum atomic E-state index is -1.16. The van der Waals surface area contributed by atoms with E-state index in [0.717, 1.165) is 0 Å². The monoisotopic (exact) mass is 185 g/mol. The van der Waals surface area contributed by atoms with Crippen molar-refractivity contribution in [3.8, 4) is 0 Å². The van der Waals surface area contributed by atoms with Gasteiger partial charge in [-0.1, -0.05) is 11.8 Å². The summed E-state index contributed by atoms with van der Waals surface area (Å²) in [5.74, 6) is 0. The highest BCUT2D eigenvalue weighted by atomic mass is 19.4. The Morgan fingerprint density at radius 1 is 1.58 bits per heavy atom.